The predicted molar refractivity (Wildman–Crippen MR) is 80.0 cm³/mol. The SMILES string of the molecule is COCC(C)OC(=O)[C@@H](NC(=O)OC(C)(C)C)C(C)(C)C. The fraction of sp³-hybridized carbons (Fsp3) is 0.867. The number of alkyl carbamates (subject to hydrolysis) is 1. The molecular weight excluding hydrogens is 274 g/mol. The van der Waals surface area contributed by atoms with Gasteiger partial charge in [-0.05, 0) is 33.1 Å². The minimum Gasteiger partial charge on any atom is -0.459 e. The number of carbonyl (C=O) groups is 2. The first-order valence-corrected chi connectivity index (χ1v) is 7.05. The summed E-state index contributed by atoms with van der Waals surface area (Å²) in [5.74, 6) is -0.502. The Morgan fingerprint density at radius 1 is 1.10 bits per heavy atom. The normalized spacial score (nSPS) is 15.0. The lowest BCUT2D eigenvalue weighted by atomic mass is 9.87. The molecular formula is C15H29NO5. The minimum atomic E-state index is -0.799. The van der Waals surface area contributed by atoms with Crippen molar-refractivity contribution in [3.05, 3.63) is 0 Å². The Kier molecular flexibility index (Phi) is 7.16. The van der Waals surface area contributed by atoms with Crippen molar-refractivity contribution in [2.45, 2.75) is 66.2 Å². The molecule has 0 rings (SSSR count). The first-order valence-electron chi connectivity index (χ1n) is 7.05. The second kappa shape index (κ2) is 7.64. The number of ether oxygens (including phenoxy) is 3. The van der Waals surface area contributed by atoms with Gasteiger partial charge in [-0.15, -0.1) is 0 Å². The maximum Gasteiger partial charge on any atom is 0.408 e. The molecule has 1 amide bonds. The van der Waals surface area contributed by atoms with Gasteiger partial charge >= 0.3 is 12.1 Å². The number of methoxy groups -OCH3 is 1. The average Bonchev–Trinajstić information content (AvgIpc) is 2.21. The van der Waals surface area contributed by atoms with Gasteiger partial charge in [-0.3, -0.25) is 0 Å². The van der Waals surface area contributed by atoms with Crippen LogP contribution in [0.15, 0.2) is 0 Å². The smallest absolute Gasteiger partial charge is 0.408 e. The van der Waals surface area contributed by atoms with Crippen LogP contribution < -0.4 is 5.32 Å². The zero-order valence-electron chi connectivity index (χ0n) is 14.4. The van der Waals surface area contributed by atoms with Crippen LogP contribution in [0.2, 0.25) is 0 Å². The van der Waals surface area contributed by atoms with Gasteiger partial charge in [-0.25, -0.2) is 9.59 Å². The second-order valence-corrected chi connectivity index (χ2v) is 7.15. The van der Waals surface area contributed by atoms with Crippen LogP contribution in [0, 0.1) is 5.41 Å². The first-order chi connectivity index (χ1) is 9.36. The van der Waals surface area contributed by atoms with E-state index in [2.05, 4.69) is 5.32 Å². The van der Waals surface area contributed by atoms with E-state index in [1.54, 1.807) is 27.7 Å². The van der Waals surface area contributed by atoms with Crippen LogP contribution in [0.4, 0.5) is 4.79 Å². The Balaban J connectivity index is 4.82. The third-order valence-corrected chi connectivity index (χ3v) is 2.48. The van der Waals surface area contributed by atoms with E-state index in [-0.39, 0.29) is 6.10 Å². The molecule has 0 spiro atoms. The van der Waals surface area contributed by atoms with E-state index < -0.39 is 29.1 Å². The summed E-state index contributed by atoms with van der Waals surface area (Å²) in [6.45, 7) is 12.8. The van der Waals surface area contributed by atoms with Crippen LogP contribution in [0.25, 0.3) is 0 Å². The highest BCUT2D eigenvalue weighted by Gasteiger charge is 2.36. The van der Waals surface area contributed by atoms with Crippen LogP contribution in [-0.2, 0) is 19.0 Å². The van der Waals surface area contributed by atoms with Crippen LogP contribution in [0.5, 0.6) is 0 Å². The first kappa shape index (κ1) is 19.7. The van der Waals surface area contributed by atoms with Crippen molar-refractivity contribution in [2.75, 3.05) is 13.7 Å². The van der Waals surface area contributed by atoms with Crippen molar-refractivity contribution in [3.8, 4) is 0 Å². The van der Waals surface area contributed by atoms with Gasteiger partial charge in [-0.2, -0.15) is 0 Å². The second-order valence-electron chi connectivity index (χ2n) is 7.15. The Morgan fingerprint density at radius 2 is 1.62 bits per heavy atom. The van der Waals surface area contributed by atoms with E-state index in [1.165, 1.54) is 7.11 Å². The van der Waals surface area contributed by atoms with E-state index in [1.807, 2.05) is 20.8 Å². The fourth-order valence-electron chi connectivity index (χ4n) is 1.59. The molecule has 21 heavy (non-hydrogen) atoms. The van der Waals surface area contributed by atoms with Crippen LogP contribution in [0.3, 0.4) is 0 Å². The van der Waals surface area contributed by atoms with Crippen molar-refractivity contribution >= 4 is 12.1 Å². The maximum atomic E-state index is 12.2. The summed E-state index contributed by atoms with van der Waals surface area (Å²) in [5.41, 5.74) is -1.12. The lowest BCUT2D eigenvalue weighted by Gasteiger charge is -2.31. The van der Waals surface area contributed by atoms with Crippen molar-refractivity contribution in [2.24, 2.45) is 5.41 Å². The molecule has 2 atom stereocenters. The molecule has 6 nitrogen and oxygen atoms in total. The van der Waals surface area contributed by atoms with Crippen LogP contribution in [-0.4, -0.2) is 43.5 Å². The number of hydrogen-bond acceptors (Lipinski definition) is 5. The molecule has 0 heterocycles. The molecule has 1 unspecified atom stereocenters. The molecule has 0 aliphatic rings. The molecule has 124 valence electrons. The Labute approximate surface area is 127 Å². The molecule has 0 fully saturated rings. The van der Waals surface area contributed by atoms with Gasteiger partial charge in [0.1, 0.15) is 17.7 Å². The maximum absolute atomic E-state index is 12.2. The minimum absolute atomic E-state index is 0.301. The van der Waals surface area contributed by atoms with Gasteiger partial charge in [0.15, 0.2) is 0 Å². The number of rotatable bonds is 5. The summed E-state index contributed by atoms with van der Waals surface area (Å²) in [6, 6.07) is -0.799. The highest BCUT2D eigenvalue weighted by molar-refractivity contribution is 5.82. The summed E-state index contributed by atoms with van der Waals surface area (Å²) >= 11 is 0. The third kappa shape index (κ3) is 8.55. The van der Waals surface area contributed by atoms with Gasteiger partial charge in [0.25, 0.3) is 0 Å². The van der Waals surface area contributed by atoms with Gasteiger partial charge in [0.05, 0.1) is 6.61 Å². The molecule has 0 saturated heterocycles. The number of hydrogen-bond donors (Lipinski definition) is 1. The molecule has 0 aliphatic carbocycles. The summed E-state index contributed by atoms with van der Waals surface area (Å²) in [4.78, 5) is 24.1. The fourth-order valence-corrected chi connectivity index (χ4v) is 1.59. The summed E-state index contributed by atoms with van der Waals surface area (Å²) < 4.78 is 15.4. The largest absolute Gasteiger partial charge is 0.459 e. The third-order valence-electron chi connectivity index (χ3n) is 2.48. The van der Waals surface area contributed by atoms with Crippen molar-refractivity contribution in [1.29, 1.82) is 0 Å². The van der Waals surface area contributed by atoms with Gasteiger partial charge < -0.3 is 19.5 Å². The number of carbonyl (C=O) groups excluding carboxylic acids is 2. The Morgan fingerprint density at radius 3 is 2.00 bits per heavy atom. The van der Waals surface area contributed by atoms with E-state index in [9.17, 15) is 9.59 Å². The average molecular weight is 303 g/mol. The predicted octanol–water partition coefficient (Wildman–Crippen LogP) is 2.50. The van der Waals surface area contributed by atoms with Gasteiger partial charge in [0.2, 0.25) is 0 Å². The monoisotopic (exact) mass is 303 g/mol. The van der Waals surface area contributed by atoms with E-state index in [0.29, 0.717) is 6.61 Å². The highest BCUT2D eigenvalue weighted by Crippen LogP contribution is 2.21. The van der Waals surface area contributed by atoms with Crippen molar-refractivity contribution in [3.63, 3.8) is 0 Å². The van der Waals surface area contributed by atoms with Crippen molar-refractivity contribution in [1.82, 2.24) is 5.32 Å². The standard InChI is InChI=1S/C15H29NO5/c1-10(9-19-8)20-12(17)11(14(2,3)4)16-13(18)21-15(5,6)7/h10-11H,9H2,1-8H3,(H,16,18)/t10?,11-/m1/s1. The Bertz CT molecular complexity index is 354. The summed E-state index contributed by atoms with van der Waals surface area (Å²) in [6.07, 6.45) is -1.02. The quantitative estimate of drug-likeness (QED) is 0.790. The number of esters is 1. The zero-order valence-corrected chi connectivity index (χ0v) is 14.4. The molecule has 0 aliphatic heterocycles. The molecule has 0 saturated carbocycles. The van der Waals surface area contributed by atoms with Gasteiger partial charge in [-0.1, -0.05) is 20.8 Å². The lowest BCUT2D eigenvalue weighted by molar-refractivity contribution is -0.156. The molecule has 0 bridgehead atoms. The van der Waals surface area contributed by atoms with Crippen molar-refractivity contribution < 1.29 is 23.8 Å². The van der Waals surface area contributed by atoms with Crippen LogP contribution in [0.1, 0.15) is 48.5 Å². The topological polar surface area (TPSA) is 73.9 Å². The molecule has 1 N–H and O–H groups in total. The van der Waals surface area contributed by atoms with Crippen LogP contribution >= 0.6 is 0 Å². The number of nitrogens with one attached hydrogen (secondary N) is 1. The number of amides is 1. The zero-order chi connectivity index (χ0) is 16.8. The molecule has 0 aromatic carbocycles. The summed E-state index contributed by atoms with van der Waals surface area (Å²) in [7, 11) is 1.53. The van der Waals surface area contributed by atoms with E-state index in [4.69, 9.17) is 14.2 Å². The van der Waals surface area contributed by atoms with E-state index >= 15 is 0 Å². The molecule has 6 heteroatoms. The highest BCUT2D eigenvalue weighted by atomic mass is 16.6. The molecule has 0 radical (unpaired) electrons. The summed E-state index contributed by atoms with van der Waals surface area (Å²) in [5, 5.41) is 2.58. The Hall–Kier alpha value is -1.30. The lowest BCUT2D eigenvalue weighted by Crippen LogP contribution is -2.51. The van der Waals surface area contributed by atoms with E-state index in [0.717, 1.165) is 0 Å². The molecule has 0 aromatic heterocycles. The molecule has 0 aromatic rings. The van der Waals surface area contributed by atoms with Gasteiger partial charge in [0, 0.05) is 7.11 Å².